The van der Waals surface area contributed by atoms with Crippen LogP contribution in [-0.2, 0) is 16.6 Å². The third kappa shape index (κ3) is 1.88. The van der Waals surface area contributed by atoms with Crippen LogP contribution in [0.1, 0.15) is 36.8 Å². The number of hydrogen-bond donors (Lipinski definition) is 1. The Labute approximate surface area is 131 Å². The number of piperidine rings is 1. The predicted molar refractivity (Wildman–Crippen MR) is 86.0 cm³/mol. The number of nitrogens with zero attached hydrogens (tertiary/aromatic N) is 1. The predicted octanol–water partition coefficient (Wildman–Crippen LogP) is 2.82. The maximum absolute atomic E-state index is 12.2. The van der Waals surface area contributed by atoms with E-state index in [2.05, 4.69) is 17.5 Å². The van der Waals surface area contributed by atoms with Gasteiger partial charge in [0.1, 0.15) is 11.5 Å². The Morgan fingerprint density at radius 2 is 2.32 bits per heavy atom. The van der Waals surface area contributed by atoms with Gasteiger partial charge in [0.05, 0.1) is 0 Å². The standard InChI is InChI=1S/C19H23NO2/c1-2-8-20-9-7-19-12-15(22)5-6-16(19)18(20)10-13-3-4-14(21)11-17(13)19/h2-4,11,16,18,21H,1,5-10,12H2/t16-,18+,19+/m0/s1. The van der Waals surface area contributed by atoms with Crippen LogP contribution < -0.4 is 0 Å². The molecule has 1 saturated carbocycles. The Hall–Kier alpha value is -1.61. The minimum atomic E-state index is -0.0377. The molecule has 2 aliphatic carbocycles. The summed E-state index contributed by atoms with van der Waals surface area (Å²) in [5.74, 6) is 1.26. The van der Waals surface area contributed by atoms with E-state index in [1.807, 2.05) is 12.1 Å². The van der Waals surface area contributed by atoms with Gasteiger partial charge < -0.3 is 5.11 Å². The summed E-state index contributed by atoms with van der Waals surface area (Å²) in [6.45, 7) is 5.85. The first-order valence-corrected chi connectivity index (χ1v) is 8.33. The third-order valence-corrected chi connectivity index (χ3v) is 6.16. The summed E-state index contributed by atoms with van der Waals surface area (Å²) in [5, 5.41) is 9.97. The van der Waals surface area contributed by atoms with Crippen molar-refractivity contribution in [2.45, 2.75) is 43.6 Å². The number of rotatable bonds is 2. The van der Waals surface area contributed by atoms with Gasteiger partial charge in [0.25, 0.3) is 0 Å². The molecule has 4 rings (SSSR count). The summed E-state index contributed by atoms with van der Waals surface area (Å²) >= 11 is 0. The fourth-order valence-corrected chi connectivity index (χ4v) is 5.29. The fourth-order valence-electron chi connectivity index (χ4n) is 5.29. The van der Waals surface area contributed by atoms with Crippen molar-refractivity contribution in [2.75, 3.05) is 13.1 Å². The van der Waals surface area contributed by atoms with E-state index in [0.29, 0.717) is 29.9 Å². The first kappa shape index (κ1) is 14.0. The SMILES string of the molecule is C=CCN1CC[C@@]23CC(=O)CC[C@H]2[C@H]1Cc1ccc(O)cc13. The average Bonchev–Trinajstić information content (AvgIpc) is 2.50. The number of phenolic OH excluding ortho intramolecular Hbond substituents is 1. The van der Waals surface area contributed by atoms with E-state index in [4.69, 9.17) is 0 Å². The molecule has 3 atom stereocenters. The number of carbonyl (C=O) groups is 1. The number of fused-ring (bicyclic) bond motifs is 1. The molecule has 116 valence electrons. The number of carbonyl (C=O) groups excluding carboxylic acids is 1. The summed E-state index contributed by atoms with van der Waals surface area (Å²) in [4.78, 5) is 14.8. The molecule has 1 aliphatic heterocycles. The number of ketones is 1. The van der Waals surface area contributed by atoms with Crippen molar-refractivity contribution >= 4 is 5.78 Å². The molecule has 1 aromatic carbocycles. The zero-order valence-electron chi connectivity index (χ0n) is 12.9. The summed E-state index contributed by atoms with van der Waals surface area (Å²) in [7, 11) is 0. The van der Waals surface area contributed by atoms with Crippen molar-refractivity contribution < 1.29 is 9.90 Å². The second-order valence-electron chi connectivity index (χ2n) is 7.16. The Balaban J connectivity index is 1.85. The van der Waals surface area contributed by atoms with Gasteiger partial charge in [-0.05, 0) is 55.0 Å². The van der Waals surface area contributed by atoms with Gasteiger partial charge in [-0.25, -0.2) is 0 Å². The molecule has 3 heteroatoms. The molecule has 0 unspecified atom stereocenters. The number of phenols is 1. The van der Waals surface area contributed by atoms with E-state index >= 15 is 0 Å². The van der Waals surface area contributed by atoms with Crippen LogP contribution in [0, 0.1) is 5.92 Å². The van der Waals surface area contributed by atoms with E-state index in [1.165, 1.54) is 11.1 Å². The molecular formula is C19H23NO2. The lowest BCUT2D eigenvalue weighted by atomic mass is 9.52. The highest BCUT2D eigenvalue weighted by molar-refractivity contribution is 5.81. The smallest absolute Gasteiger partial charge is 0.133 e. The molecule has 1 heterocycles. The van der Waals surface area contributed by atoms with Crippen molar-refractivity contribution in [3.05, 3.63) is 42.0 Å². The van der Waals surface area contributed by atoms with Crippen LogP contribution in [0.25, 0.3) is 0 Å². The molecule has 3 nitrogen and oxygen atoms in total. The van der Waals surface area contributed by atoms with Crippen LogP contribution in [0.15, 0.2) is 30.9 Å². The van der Waals surface area contributed by atoms with Crippen molar-refractivity contribution in [3.8, 4) is 5.75 Å². The maximum atomic E-state index is 12.2. The quantitative estimate of drug-likeness (QED) is 0.853. The number of benzene rings is 1. The molecule has 1 N–H and O–H groups in total. The number of Topliss-reactive ketones (excluding diaryl/α,β-unsaturated/α-hetero) is 1. The van der Waals surface area contributed by atoms with Crippen LogP contribution in [0.3, 0.4) is 0 Å². The van der Waals surface area contributed by atoms with Gasteiger partial charge in [-0.1, -0.05) is 12.1 Å². The van der Waals surface area contributed by atoms with E-state index in [1.54, 1.807) is 6.07 Å². The zero-order chi connectivity index (χ0) is 15.3. The van der Waals surface area contributed by atoms with E-state index < -0.39 is 0 Å². The first-order chi connectivity index (χ1) is 10.6. The lowest BCUT2D eigenvalue weighted by Gasteiger charge is -2.58. The molecule has 0 radical (unpaired) electrons. The Kier molecular flexibility index (Phi) is 3.15. The van der Waals surface area contributed by atoms with Gasteiger partial charge in [-0.2, -0.15) is 0 Å². The second kappa shape index (κ2) is 4.95. The molecule has 2 fully saturated rings. The van der Waals surface area contributed by atoms with Gasteiger partial charge in [0, 0.05) is 30.8 Å². The van der Waals surface area contributed by atoms with Gasteiger partial charge in [-0.3, -0.25) is 9.69 Å². The van der Waals surface area contributed by atoms with Gasteiger partial charge >= 0.3 is 0 Å². The topological polar surface area (TPSA) is 40.5 Å². The van der Waals surface area contributed by atoms with Crippen LogP contribution >= 0.6 is 0 Å². The van der Waals surface area contributed by atoms with Crippen molar-refractivity contribution in [3.63, 3.8) is 0 Å². The summed E-state index contributed by atoms with van der Waals surface area (Å²) in [6, 6.07) is 6.29. The van der Waals surface area contributed by atoms with Gasteiger partial charge in [-0.15, -0.1) is 6.58 Å². The lowest BCUT2D eigenvalue weighted by Crippen LogP contribution is -2.61. The number of hydrogen-bond acceptors (Lipinski definition) is 3. The molecule has 2 bridgehead atoms. The van der Waals surface area contributed by atoms with Crippen molar-refractivity contribution in [2.24, 2.45) is 5.92 Å². The number of likely N-dealkylation sites (tertiary alicyclic amines) is 1. The van der Waals surface area contributed by atoms with Gasteiger partial charge in [0.15, 0.2) is 0 Å². The monoisotopic (exact) mass is 297 g/mol. The highest BCUT2D eigenvalue weighted by atomic mass is 16.3. The largest absolute Gasteiger partial charge is 0.508 e. The van der Waals surface area contributed by atoms with Crippen LogP contribution in [0.5, 0.6) is 5.75 Å². The fraction of sp³-hybridized carbons (Fsp3) is 0.526. The van der Waals surface area contributed by atoms with Crippen molar-refractivity contribution in [1.29, 1.82) is 0 Å². The Bertz CT molecular complexity index is 638. The lowest BCUT2D eigenvalue weighted by molar-refractivity contribution is -0.127. The van der Waals surface area contributed by atoms with Crippen LogP contribution in [-0.4, -0.2) is 34.9 Å². The minimum Gasteiger partial charge on any atom is -0.508 e. The molecular weight excluding hydrogens is 274 g/mol. The van der Waals surface area contributed by atoms with E-state index in [0.717, 1.165) is 38.8 Å². The second-order valence-corrected chi connectivity index (χ2v) is 7.16. The first-order valence-electron chi connectivity index (χ1n) is 8.33. The number of aromatic hydroxyl groups is 1. The summed E-state index contributed by atoms with van der Waals surface area (Å²) < 4.78 is 0. The van der Waals surface area contributed by atoms with Crippen molar-refractivity contribution in [1.82, 2.24) is 4.90 Å². The molecule has 0 spiro atoms. The molecule has 3 aliphatic rings. The summed E-state index contributed by atoms with van der Waals surface area (Å²) in [5.41, 5.74) is 2.53. The zero-order valence-corrected chi connectivity index (χ0v) is 12.9. The molecule has 1 saturated heterocycles. The Morgan fingerprint density at radius 1 is 1.45 bits per heavy atom. The van der Waals surface area contributed by atoms with E-state index in [-0.39, 0.29) is 5.41 Å². The van der Waals surface area contributed by atoms with Crippen LogP contribution in [0.2, 0.25) is 0 Å². The average molecular weight is 297 g/mol. The summed E-state index contributed by atoms with van der Waals surface area (Å²) in [6.07, 6.45) is 6.42. The third-order valence-electron chi connectivity index (χ3n) is 6.16. The molecule has 0 amide bonds. The minimum absolute atomic E-state index is 0.0377. The van der Waals surface area contributed by atoms with Gasteiger partial charge in [0.2, 0.25) is 0 Å². The molecule has 0 aromatic heterocycles. The maximum Gasteiger partial charge on any atom is 0.133 e. The Morgan fingerprint density at radius 3 is 3.14 bits per heavy atom. The highest BCUT2D eigenvalue weighted by Crippen LogP contribution is 2.55. The van der Waals surface area contributed by atoms with E-state index in [9.17, 15) is 9.90 Å². The van der Waals surface area contributed by atoms with Crippen LogP contribution in [0.4, 0.5) is 0 Å². The normalized spacial score (nSPS) is 33.9. The molecule has 1 aromatic rings. The highest BCUT2D eigenvalue weighted by Gasteiger charge is 2.55. The molecule has 22 heavy (non-hydrogen) atoms.